The molecular formula is C23H44INS. The molecule has 0 aliphatic carbocycles. The monoisotopic (exact) mass is 493 g/mol. The molecule has 0 saturated heterocycles. The van der Waals surface area contributed by atoms with Crippen LogP contribution in [0.3, 0.4) is 0 Å². The van der Waals surface area contributed by atoms with Gasteiger partial charge < -0.3 is 28.5 Å². The van der Waals surface area contributed by atoms with Crippen LogP contribution in [-0.2, 0) is 6.54 Å². The van der Waals surface area contributed by atoms with Crippen molar-refractivity contribution in [3.8, 4) is 0 Å². The second kappa shape index (κ2) is 17.5. The van der Waals surface area contributed by atoms with Crippen LogP contribution in [0.5, 0.6) is 0 Å². The van der Waals surface area contributed by atoms with Crippen molar-refractivity contribution < 1.29 is 28.5 Å². The average Bonchev–Trinajstić information content (AvgIpc) is 3.07. The van der Waals surface area contributed by atoms with Crippen LogP contribution in [0.2, 0.25) is 0 Å². The van der Waals surface area contributed by atoms with Crippen molar-refractivity contribution in [2.24, 2.45) is 0 Å². The van der Waals surface area contributed by atoms with Crippen LogP contribution in [0.25, 0.3) is 0 Å². The fraction of sp³-hybridized carbons (Fsp3) is 0.826. The van der Waals surface area contributed by atoms with Crippen molar-refractivity contribution in [3.63, 3.8) is 0 Å². The first-order valence-electron chi connectivity index (χ1n) is 11.0. The van der Waals surface area contributed by atoms with Crippen LogP contribution >= 0.6 is 11.3 Å². The molecule has 0 fully saturated rings. The minimum atomic E-state index is 0. The normalized spacial score (nSPS) is 11.5. The Bertz CT molecular complexity index is 389. The Kier molecular flexibility index (Phi) is 17.7. The molecule has 0 N–H and O–H groups in total. The Balaban J connectivity index is 0.00000625. The number of hydrogen-bond acceptors (Lipinski definition) is 1. The zero-order valence-corrected chi connectivity index (χ0v) is 20.8. The van der Waals surface area contributed by atoms with E-state index in [1.54, 1.807) is 0 Å². The minimum absolute atomic E-state index is 0. The molecule has 0 bridgehead atoms. The quantitative estimate of drug-likeness (QED) is 0.166. The van der Waals surface area contributed by atoms with Gasteiger partial charge in [-0.15, -0.1) is 11.3 Å². The highest BCUT2D eigenvalue weighted by Gasteiger charge is 2.15. The molecule has 0 spiro atoms. The summed E-state index contributed by atoms with van der Waals surface area (Å²) in [4.78, 5) is 1.52. The summed E-state index contributed by atoms with van der Waals surface area (Å²) in [7, 11) is 4.75. The third-order valence-electron chi connectivity index (χ3n) is 5.28. The van der Waals surface area contributed by atoms with Crippen molar-refractivity contribution in [1.29, 1.82) is 0 Å². The number of unbranched alkanes of at least 4 members (excludes halogenated alkanes) is 13. The first-order chi connectivity index (χ1) is 12.1. The van der Waals surface area contributed by atoms with E-state index >= 15 is 0 Å². The van der Waals surface area contributed by atoms with Crippen LogP contribution in [0.15, 0.2) is 17.5 Å². The molecule has 1 nitrogen and oxygen atoms in total. The topological polar surface area (TPSA) is 0 Å². The number of thiophene rings is 1. The number of rotatable bonds is 17. The van der Waals surface area contributed by atoms with Crippen LogP contribution in [-0.4, -0.2) is 25.1 Å². The number of hydrogen-bond donors (Lipinski definition) is 0. The van der Waals surface area contributed by atoms with Crippen molar-refractivity contribution in [2.75, 3.05) is 20.6 Å². The molecule has 1 aromatic rings. The van der Waals surface area contributed by atoms with Crippen LogP contribution in [0.4, 0.5) is 0 Å². The predicted octanol–water partition coefficient (Wildman–Crippen LogP) is 4.81. The molecule has 154 valence electrons. The molecule has 0 aliphatic heterocycles. The average molecular weight is 494 g/mol. The van der Waals surface area contributed by atoms with E-state index in [2.05, 4.69) is 38.5 Å². The summed E-state index contributed by atoms with van der Waals surface area (Å²) < 4.78 is 1.14. The Labute approximate surface area is 185 Å². The minimum Gasteiger partial charge on any atom is -1.00 e. The first kappa shape index (κ1) is 26.4. The molecule has 1 aromatic heterocycles. The van der Waals surface area contributed by atoms with E-state index in [1.807, 2.05) is 11.3 Å². The molecule has 0 saturated carbocycles. The summed E-state index contributed by atoms with van der Waals surface area (Å²) in [5.41, 5.74) is 0. The third kappa shape index (κ3) is 15.4. The van der Waals surface area contributed by atoms with E-state index in [9.17, 15) is 0 Å². The van der Waals surface area contributed by atoms with Crippen LogP contribution in [0, 0.1) is 0 Å². The van der Waals surface area contributed by atoms with Crippen molar-refractivity contribution >= 4 is 11.3 Å². The Morgan fingerprint density at radius 2 is 1.19 bits per heavy atom. The van der Waals surface area contributed by atoms with Gasteiger partial charge in [-0.2, -0.15) is 0 Å². The van der Waals surface area contributed by atoms with Gasteiger partial charge in [0.25, 0.3) is 0 Å². The molecular weight excluding hydrogens is 449 g/mol. The Morgan fingerprint density at radius 1 is 0.731 bits per heavy atom. The van der Waals surface area contributed by atoms with Crippen LogP contribution < -0.4 is 24.0 Å². The van der Waals surface area contributed by atoms with E-state index in [0.717, 1.165) is 4.48 Å². The lowest BCUT2D eigenvalue weighted by Gasteiger charge is -2.29. The molecule has 0 unspecified atom stereocenters. The molecule has 1 heterocycles. The first-order valence-corrected chi connectivity index (χ1v) is 11.9. The van der Waals surface area contributed by atoms with Gasteiger partial charge in [0.1, 0.15) is 6.54 Å². The van der Waals surface area contributed by atoms with E-state index in [-0.39, 0.29) is 24.0 Å². The van der Waals surface area contributed by atoms with Gasteiger partial charge in [0.2, 0.25) is 0 Å². The van der Waals surface area contributed by atoms with Crippen molar-refractivity contribution in [2.45, 2.75) is 103 Å². The number of quaternary nitrogens is 1. The highest BCUT2D eigenvalue weighted by molar-refractivity contribution is 7.09. The summed E-state index contributed by atoms with van der Waals surface area (Å²) in [6.45, 7) is 4.80. The summed E-state index contributed by atoms with van der Waals surface area (Å²) in [5, 5.41) is 2.20. The maximum atomic E-state index is 2.38. The lowest BCUT2D eigenvalue weighted by atomic mass is 10.0. The second-order valence-corrected chi connectivity index (χ2v) is 9.53. The Morgan fingerprint density at radius 3 is 1.62 bits per heavy atom. The zero-order valence-electron chi connectivity index (χ0n) is 17.8. The maximum Gasteiger partial charge on any atom is 0.113 e. The molecule has 26 heavy (non-hydrogen) atoms. The molecule has 0 aliphatic rings. The largest absolute Gasteiger partial charge is 1.00 e. The molecule has 0 amide bonds. The number of halogens is 1. The third-order valence-corrected chi connectivity index (χ3v) is 6.14. The van der Waals surface area contributed by atoms with Gasteiger partial charge in [0, 0.05) is 0 Å². The molecule has 0 radical (unpaired) electrons. The number of nitrogens with zero attached hydrogens (tertiary/aromatic N) is 1. The standard InChI is InChI=1S/C23H44NS.HI/c1-4-5-6-7-8-9-10-11-12-13-14-15-16-17-20-24(2,3)22-23-19-18-21-25-23;/h18-19,21H,4-17,20,22H2,1-3H3;1H/q+1;/p-1. The Hall–Kier alpha value is 0.390. The van der Waals surface area contributed by atoms with Gasteiger partial charge in [-0.25, -0.2) is 0 Å². The fourth-order valence-corrected chi connectivity index (χ4v) is 4.55. The molecule has 0 aromatic carbocycles. The van der Waals surface area contributed by atoms with Gasteiger partial charge in [-0.3, -0.25) is 0 Å². The van der Waals surface area contributed by atoms with Gasteiger partial charge in [-0.05, 0) is 24.3 Å². The lowest BCUT2D eigenvalue weighted by Crippen LogP contribution is -3.00. The van der Waals surface area contributed by atoms with E-state index in [0.29, 0.717) is 0 Å². The van der Waals surface area contributed by atoms with E-state index in [4.69, 9.17) is 0 Å². The van der Waals surface area contributed by atoms with E-state index in [1.165, 1.54) is 108 Å². The molecule has 3 heteroatoms. The summed E-state index contributed by atoms with van der Waals surface area (Å²) in [6, 6.07) is 4.45. The predicted molar refractivity (Wildman–Crippen MR) is 115 cm³/mol. The summed E-state index contributed by atoms with van der Waals surface area (Å²) in [5.74, 6) is 0. The smallest absolute Gasteiger partial charge is 0.113 e. The summed E-state index contributed by atoms with van der Waals surface area (Å²) in [6.07, 6.45) is 20.2. The van der Waals surface area contributed by atoms with Crippen molar-refractivity contribution in [1.82, 2.24) is 0 Å². The SMILES string of the molecule is CCCCCCCCCCCCCCCC[N+](C)(C)Cc1cccs1.[I-]. The van der Waals surface area contributed by atoms with Gasteiger partial charge in [0.05, 0.1) is 25.5 Å². The fourth-order valence-electron chi connectivity index (χ4n) is 3.64. The second-order valence-electron chi connectivity index (χ2n) is 8.49. The highest BCUT2D eigenvalue weighted by Crippen LogP contribution is 2.17. The molecule has 0 atom stereocenters. The zero-order chi connectivity index (χ0) is 18.2. The highest BCUT2D eigenvalue weighted by atomic mass is 127. The molecule has 1 rings (SSSR count). The van der Waals surface area contributed by atoms with Gasteiger partial charge in [0.15, 0.2) is 0 Å². The lowest BCUT2D eigenvalue weighted by molar-refractivity contribution is -0.903. The van der Waals surface area contributed by atoms with Gasteiger partial charge >= 0.3 is 0 Å². The van der Waals surface area contributed by atoms with Crippen molar-refractivity contribution in [3.05, 3.63) is 22.4 Å². The van der Waals surface area contributed by atoms with Gasteiger partial charge in [-0.1, -0.05) is 90.0 Å². The maximum absolute atomic E-state index is 2.38. The van der Waals surface area contributed by atoms with Crippen LogP contribution in [0.1, 0.15) is 102 Å². The summed E-state index contributed by atoms with van der Waals surface area (Å²) >= 11 is 1.90. The van der Waals surface area contributed by atoms with E-state index < -0.39 is 0 Å².